The molecule has 2 nitrogen and oxygen atoms in total. The van der Waals surface area contributed by atoms with Crippen molar-refractivity contribution >= 4 is 0 Å². The van der Waals surface area contributed by atoms with Gasteiger partial charge in [-0.25, -0.2) is 8.78 Å². The largest absolute Gasteiger partial charge is 0.497 e. The van der Waals surface area contributed by atoms with Crippen LogP contribution in [0.5, 0.6) is 5.75 Å². The number of ether oxygens (including phenoxy) is 1. The maximum Gasteiger partial charge on any atom is 0.134 e. The molecule has 1 aliphatic rings. The SMILES string of the molecule is COc1cc(F)c(C(N)C2CCCC2)c(F)c1. The van der Waals surface area contributed by atoms with Gasteiger partial charge in [-0.05, 0) is 18.8 Å². The number of hydrogen-bond acceptors (Lipinski definition) is 2. The molecule has 1 fully saturated rings. The molecule has 17 heavy (non-hydrogen) atoms. The summed E-state index contributed by atoms with van der Waals surface area (Å²) in [7, 11) is 1.38. The summed E-state index contributed by atoms with van der Waals surface area (Å²) in [5.41, 5.74) is 5.97. The molecule has 1 saturated carbocycles. The van der Waals surface area contributed by atoms with Crippen molar-refractivity contribution in [2.75, 3.05) is 7.11 Å². The average Bonchev–Trinajstić information content (AvgIpc) is 2.81. The van der Waals surface area contributed by atoms with Crippen LogP contribution in [0, 0.1) is 17.6 Å². The van der Waals surface area contributed by atoms with E-state index in [1.165, 1.54) is 19.2 Å². The Kier molecular flexibility index (Phi) is 3.62. The fraction of sp³-hybridized carbons (Fsp3) is 0.538. The minimum Gasteiger partial charge on any atom is -0.497 e. The average molecular weight is 241 g/mol. The van der Waals surface area contributed by atoms with E-state index in [0.29, 0.717) is 0 Å². The molecule has 0 heterocycles. The van der Waals surface area contributed by atoms with Crippen LogP contribution in [0.25, 0.3) is 0 Å². The van der Waals surface area contributed by atoms with E-state index in [2.05, 4.69) is 0 Å². The van der Waals surface area contributed by atoms with Crippen molar-refractivity contribution in [2.45, 2.75) is 31.7 Å². The zero-order chi connectivity index (χ0) is 12.4. The highest BCUT2D eigenvalue weighted by Gasteiger charge is 2.28. The summed E-state index contributed by atoms with van der Waals surface area (Å²) in [5, 5.41) is 0. The first-order valence-corrected chi connectivity index (χ1v) is 5.92. The van der Waals surface area contributed by atoms with Gasteiger partial charge < -0.3 is 10.5 Å². The molecular formula is C13H17F2NO. The zero-order valence-electron chi connectivity index (χ0n) is 9.88. The topological polar surface area (TPSA) is 35.2 Å². The minimum absolute atomic E-state index is 0.00213. The second-order valence-electron chi connectivity index (χ2n) is 4.58. The monoisotopic (exact) mass is 241 g/mol. The Bertz CT molecular complexity index is 379. The van der Waals surface area contributed by atoms with Gasteiger partial charge in [0, 0.05) is 23.7 Å². The quantitative estimate of drug-likeness (QED) is 0.882. The first-order chi connectivity index (χ1) is 8.13. The number of hydrogen-bond donors (Lipinski definition) is 1. The molecule has 1 aliphatic carbocycles. The van der Waals surface area contributed by atoms with Gasteiger partial charge in [0.1, 0.15) is 17.4 Å². The summed E-state index contributed by atoms with van der Waals surface area (Å²) in [4.78, 5) is 0. The van der Waals surface area contributed by atoms with Gasteiger partial charge in [0.05, 0.1) is 7.11 Å². The molecule has 2 rings (SSSR count). The van der Waals surface area contributed by atoms with Gasteiger partial charge in [0.2, 0.25) is 0 Å². The van der Waals surface area contributed by atoms with Crippen molar-refractivity contribution in [1.82, 2.24) is 0 Å². The van der Waals surface area contributed by atoms with Crippen molar-refractivity contribution in [3.05, 3.63) is 29.3 Å². The Hall–Kier alpha value is -1.16. The Balaban J connectivity index is 2.30. The van der Waals surface area contributed by atoms with Crippen LogP contribution in [0.3, 0.4) is 0 Å². The maximum absolute atomic E-state index is 13.8. The highest BCUT2D eigenvalue weighted by atomic mass is 19.1. The lowest BCUT2D eigenvalue weighted by Gasteiger charge is -2.20. The summed E-state index contributed by atoms with van der Waals surface area (Å²) < 4.78 is 32.4. The molecule has 0 spiro atoms. The lowest BCUT2D eigenvalue weighted by Crippen LogP contribution is -2.22. The summed E-state index contributed by atoms with van der Waals surface area (Å²) in [6.07, 6.45) is 4.09. The molecule has 0 amide bonds. The summed E-state index contributed by atoms with van der Waals surface area (Å²) in [6.45, 7) is 0. The summed E-state index contributed by atoms with van der Waals surface area (Å²) in [5.74, 6) is -0.850. The van der Waals surface area contributed by atoms with Gasteiger partial charge in [-0.15, -0.1) is 0 Å². The molecule has 0 saturated heterocycles. The number of methoxy groups -OCH3 is 1. The Morgan fingerprint density at radius 2 is 1.76 bits per heavy atom. The van der Waals surface area contributed by atoms with Gasteiger partial charge in [-0.2, -0.15) is 0 Å². The number of benzene rings is 1. The maximum atomic E-state index is 13.8. The lowest BCUT2D eigenvalue weighted by molar-refractivity contribution is 0.389. The second kappa shape index (κ2) is 5.00. The van der Waals surface area contributed by atoms with E-state index in [9.17, 15) is 8.78 Å². The predicted octanol–water partition coefficient (Wildman–Crippen LogP) is 3.16. The summed E-state index contributed by atoms with van der Waals surface area (Å²) in [6, 6.07) is 1.82. The minimum atomic E-state index is -0.610. The van der Waals surface area contributed by atoms with Crippen molar-refractivity contribution in [3.8, 4) is 5.75 Å². The van der Waals surface area contributed by atoms with Crippen LogP contribution < -0.4 is 10.5 Å². The van der Waals surface area contributed by atoms with Crippen LogP contribution in [-0.4, -0.2) is 7.11 Å². The third kappa shape index (κ3) is 2.41. The van der Waals surface area contributed by atoms with E-state index in [0.717, 1.165) is 25.7 Å². The van der Waals surface area contributed by atoms with Crippen molar-refractivity contribution < 1.29 is 13.5 Å². The molecule has 1 aromatic carbocycles. The van der Waals surface area contributed by atoms with E-state index in [1.807, 2.05) is 0 Å². The third-order valence-electron chi connectivity index (χ3n) is 3.53. The van der Waals surface area contributed by atoms with E-state index < -0.39 is 17.7 Å². The molecule has 94 valence electrons. The normalized spacial score (nSPS) is 18.4. The van der Waals surface area contributed by atoms with Crippen LogP contribution in [0.15, 0.2) is 12.1 Å². The molecule has 2 N–H and O–H groups in total. The molecule has 1 unspecified atom stereocenters. The molecule has 0 radical (unpaired) electrons. The first-order valence-electron chi connectivity index (χ1n) is 5.92. The van der Waals surface area contributed by atoms with Crippen molar-refractivity contribution in [1.29, 1.82) is 0 Å². The fourth-order valence-corrected chi connectivity index (χ4v) is 2.55. The molecule has 0 aromatic heterocycles. The van der Waals surface area contributed by atoms with Crippen molar-refractivity contribution in [2.24, 2.45) is 11.7 Å². The number of halogens is 2. The lowest BCUT2D eigenvalue weighted by atomic mass is 9.91. The van der Waals surface area contributed by atoms with E-state index >= 15 is 0 Å². The number of nitrogens with two attached hydrogens (primary N) is 1. The van der Waals surface area contributed by atoms with Gasteiger partial charge >= 0.3 is 0 Å². The summed E-state index contributed by atoms with van der Waals surface area (Å²) >= 11 is 0. The van der Waals surface area contributed by atoms with Gasteiger partial charge in [0.15, 0.2) is 0 Å². The van der Waals surface area contributed by atoms with E-state index in [-0.39, 0.29) is 17.2 Å². The standard InChI is InChI=1S/C13H17F2NO/c1-17-9-6-10(14)12(11(15)7-9)13(16)8-4-2-3-5-8/h6-8,13H,2-5,16H2,1H3. The Morgan fingerprint density at radius 1 is 1.24 bits per heavy atom. The third-order valence-corrected chi connectivity index (χ3v) is 3.53. The molecule has 1 aromatic rings. The van der Waals surface area contributed by atoms with Crippen LogP contribution in [0.1, 0.15) is 37.3 Å². The van der Waals surface area contributed by atoms with Gasteiger partial charge in [-0.1, -0.05) is 12.8 Å². The van der Waals surface area contributed by atoms with E-state index in [1.54, 1.807) is 0 Å². The zero-order valence-corrected chi connectivity index (χ0v) is 9.88. The molecule has 1 atom stereocenters. The predicted molar refractivity (Wildman–Crippen MR) is 61.8 cm³/mol. The highest BCUT2D eigenvalue weighted by molar-refractivity contribution is 5.32. The molecular weight excluding hydrogens is 224 g/mol. The molecule has 0 bridgehead atoms. The van der Waals surface area contributed by atoms with Crippen molar-refractivity contribution in [3.63, 3.8) is 0 Å². The highest BCUT2D eigenvalue weighted by Crippen LogP contribution is 2.36. The number of rotatable bonds is 3. The fourth-order valence-electron chi connectivity index (χ4n) is 2.55. The molecule has 4 heteroatoms. The first kappa shape index (κ1) is 12.3. The molecule has 0 aliphatic heterocycles. The van der Waals surface area contributed by atoms with Gasteiger partial charge in [-0.3, -0.25) is 0 Å². The van der Waals surface area contributed by atoms with Crippen LogP contribution in [-0.2, 0) is 0 Å². The van der Waals surface area contributed by atoms with E-state index in [4.69, 9.17) is 10.5 Å². The van der Waals surface area contributed by atoms with Crippen LogP contribution in [0.2, 0.25) is 0 Å². The smallest absolute Gasteiger partial charge is 0.134 e. The Morgan fingerprint density at radius 3 is 2.24 bits per heavy atom. The second-order valence-corrected chi connectivity index (χ2v) is 4.58. The van der Waals surface area contributed by atoms with Gasteiger partial charge in [0.25, 0.3) is 0 Å². The van der Waals surface area contributed by atoms with Crippen LogP contribution in [0.4, 0.5) is 8.78 Å². The van der Waals surface area contributed by atoms with Crippen LogP contribution >= 0.6 is 0 Å². The Labute approximate surface area is 99.8 Å².